The van der Waals surface area contributed by atoms with Crippen LogP contribution in [0.25, 0.3) is 0 Å². The van der Waals surface area contributed by atoms with Gasteiger partial charge >= 0.3 is 0 Å². The Morgan fingerprint density at radius 2 is 2.04 bits per heavy atom. The topological polar surface area (TPSA) is 49.6 Å². The van der Waals surface area contributed by atoms with Gasteiger partial charge in [0.2, 0.25) is 0 Å². The summed E-state index contributed by atoms with van der Waals surface area (Å²) in [6.07, 6.45) is 2.46. The van der Waals surface area contributed by atoms with E-state index in [1.807, 2.05) is 18.2 Å². The van der Waals surface area contributed by atoms with E-state index in [1.54, 1.807) is 25.4 Å². The van der Waals surface area contributed by atoms with Gasteiger partial charge in [0.05, 0.1) is 6.26 Å². The molecule has 0 amide bonds. The van der Waals surface area contributed by atoms with Crippen molar-refractivity contribution in [2.75, 3.05) is 20.1 Å². The summed E-state index contributed by atoms with van der Waals surface area (Å²) in [6, 6.07) is 10.5. The molecule has 4 nitrogen and oxygen atoms in total. The zero-order valence-corrected chi connectivity index (χ0v) is 13.9. The number of halogens is 1. The first-order chi connectivity index (χ1) is 11.0. The summed E-state index contributed by atoms with van der Waals surface area (Å²) in [5, 5.41) is 6.54. The summed E-state index contributed by atoms with van der Waals surface area (Å²) < 4.78 is 18.7. The molecule has 0 aliphatic carbocycles. The molecule has 0 aliphatic heterocycles. The normalized spacial score (nSPS) is 12.3. The largest absolute Gasteiger partial charge is 0.469 e. The van der Waals surface area contributed by atoms with Crippen LogP contribution in [-0.4, -0.2) is 26.1 Å². The summed E-state index contributed by atoms with van der Waals surface area (Å²) in [5.41, 5.74) is 0.747. The summed E-state index contributed by atoms with van der Waals surface area (Å²) in [6.45, 7) is 5.53. The van der Waals surface area contributed by atoms with Gasteiger partial charge < -0.3 is 15.1 Å². The van der Waals surface area contributed by atoms with Crippen molar-refractivity contribution in [3.63, 3.8) is 0 Å². The molecule has 23 heavy (non-hydrogen) atoms. The quantitative estimate of drug-likeness (QED) is 0.636. The smallest absolute Gasteiger partial charge is 0.191 e. The number of hydrogen-bond donors (Lipinski definition) is 2. The third kappa shape index (κ3) is 5.13. The van der Waals surface area contributed by atoms with Gasteiger partial charge in [0.25, 0.3) is 0 Å². The number of furan rings is 1. The highest BCUT2D eigenvalue weighted by atomic mass is 19.1. The van der Waals surface area contributed by atoms with Crippen molar-refractivity contribution in [1.29, 1.82) is 0 Å². The van der Waals surface area contributed by atoms with Crippen LogP contribution in [0, 0.1) is 5.82 Å². The highest BCUT2D eigenvalue weighted by Crippen LogP contribution is 2.22. The van der Waals surface area contributed by atoms with Gasteiger partial charge in [-0.2, -0.15) is 0 Å². The molecule has 5 heteroatoms. The Morgan fingerprint density at radius 3 is 2.70 bits per heavy atom. The van der Waals surface area contributed by atoms with Crippen molar-refractivity contribution in [2.45, 2.75) is 25.7 Å². The van der Waals surface area contributed by atoms with Gasteiger partial charge in [-0.05, 0) is 29.8 Å². The van der Waals surface area contributed by atoms with E-state index in [1.165, 1.54) is 6.07 Å². The van der Waals surface area contributed by atoms with Crippen LogP contribution in [0.4, 0.5) is 4.39 Å². The Balaban J connectivity index is 1.84. The van der Waals surface area contributed by atoms with E-state index in [0.717, 1.165) is 30.2 Å². The van der Waals surface area contributed by atoms with Gasteiger partial charge in [-0.25, -0.2) is 4.39 Å². The lowest BCUT2D eigenvalue weighted by atomic mass is 9.84. The van der Waals surface area contributed by atoms with E-state index >= 15 is 0 Å². The van der Waals surface area contributed by atoms with E-state index in [-0.39, 0.29) is 11.2 Å². The van der Waals surface area contributed by atoms with Crippen molar-refractivity contribution in [3.05, 3.63) is 59.8 Å². The van der Waals surface area contributed by atoms with Crippen molar-refractivity contribution in [1.82, 2.24) is 10.6 Å². The standard InChI is InChI=1S/C18H24FN3O/c1-18(2,14-6-4-7-15(19)12-14)13-22-17(20-3)21-10-9-16-8-5-11-23-16/h4-8,11-12H,9-10,13H2,1-3H3,(H2,20,21,22). The number of hydrogen-bond acceptors (Lipinski definition) is 2. The molecule has 2 N–H and O–H groups in total. The fraction of sp³-hybridized carbons (Fsp3) is 0.389. The highest BCUT2D eigenvalue weighted by Gasteiger charge is 2.21. The number of benzene rings is 1. The lowest BCUT2D eigenvalue weighted by Crippen LogP contribution is -2.44. The van der Waals surface area contributed by atoms with E-state index in [0.29, 0.717) is 6.54 Å². The van der Waals surface area contributed by atoms with E-state index in [2.05, 4.69) is 29.5 Å². The first-order valence-corrected chi connectivity index (χ1v) is 7.74. The number of nitrogens with zero attached hydrogens (tertiary/aromatic N) is 1. The first-order valence-electron chi connectivity index (χ1n) is 7.74. The monoisotopic (exact) mass is 317 g/mol. The molecule has 0 atom stereocenters. The van der Waals surface area contributed by atoms with E-state index in [4.69, 9.17) is 4.42 Å². The number of rotatable bonds is 6. The average molecular weight is 317 g/mol. The fourth-order valence-corrected chi connectivity index (χ4v) is 2.30. The van der Waals surface area contributed by atoms with Gasteiger partial charge in [0.15, 0.2) is 5.96 Å². The minimum atomic E-state index is -0.212. The zero-order valence-electron chi connectivity index (χ0n) is 13.9. The summed E-state index contributed by atoms with van der Waals surface area (Å²) in [5.74, 6) is 1.45. The third-order valence-corrected chi connectivity index (χ3v) is 3.77. The molecule has 0 saturated heterocycles. The average Bonchev–Trinajstić information content (AvgIpc) is 3.04. The van der Waals surface area contributed by atoms with Crippen LogP contribution < -0.4 is 10.6 Å². The molecule has 1 aromatic heterocycles. The van der Waals surface area contributed by atoms with E-state index < -0.39 is 0 Å². The second-order valence-electron chi connectivity index (χ2n) is 6.08. The summed E-state index contributed by atoms with van der Waals surface area (Å²) >= 11 is 0. The maximum absolute atomic E-state index is 13.4. The van der Waals surface area contributed by atoms with Crippen molar-refractivity contribution in [3.8, 4) is 0 Å². The predicted octanol–water partition coefficient (Wildman–Crippen LogP) is 3.10. The molecule has 1 aromatic carbocycles. The maximum atomic E-state index is 13.4. The van der Waals surface area contributed by atoms with Crippen molar-refractivity contribution >= 4 is 5.96 Å². The molecule has 1 heterocycles. The molecule has 0 unspecified atom stereocenters. The van der Waals surface area contributed by atoms with Gasteiger partial charge in [-0.3, -0.25) is 4.99 Å². The van der Waals surface area contributed by atoms with Crippen molar-refractivity contribution in [2.24, 2.45) is 4.99 Å². The van der Waals surface area contributed by atoms with Crippen LogP contribution in [0.3, 0.4) is 0 Å². The minimum absolute atomic E-state index is 0.208. The Labute approximate surface area is 136 Å². The second kappa shape index (κ2) is 7.81. The summed E-state index contributed by atoms with van der Waals surface area (Å²) in [4.78, 5) is 4.21. The number of aliphatic imine (C=N–C) groups is 1. The molecule has 0 aliphatic rings. The summed E-state index contributed by atoms with van der Waals surface area (Å²) in [7, 11) is 1.73. The molecule has 0 bridgehead atoms. The van der Waals surface area contributed by atoms with Crippen LogP contribution in [0.5, 0.6) is 0 Å². The Hall–Kier alpha value is -2.30. The van der Waals surface area contributed by atoms with Gasteiger partial charge in [0.1, 0.15) is 11.6 Å². The minimum Gasteiger partial charge on any atom is -0.469 e. The van der Waals surface area contributed by atoms with Crippen molar-refractivity contribution < 1.29 is 8.81 Å². The molecule has 124 valence electrons. The van der Waals surface area contributed by atoms with Crippen LogP contribution in [-0.2, 0) is 11.8 Å². The Bertz CT molecular complexity index is 635. The lowest BCUT2D eigenvalue weighted by Gasteiger charge is -2.26. The Morgan fingerprint density at radius 1 is 1.22 bits per heavy atom. The van der Waals surface area contributed by atoms with Gasteiger partial charge in [-0.15, -0.1) is 0 Å². The zero-order chi connectivity index (χ0) is 16.7. The van der Waals surface area contributed by atoms with Crippen LogP contribution in [0.15, 0.2) is 52.1 Å². The molecular formula is C18H24FN3O. The molecular weight excluding hydrogens is 293 g/mol. The molecule has 0 fully saturated rings. The second-order valence-corrected chi connectivity index (χ2v) is 6.08. The maximum Gasteiger partial charge on any atom is 0.191 e. The van der Waals surface area contributed by atoms with Crippen LogP contribution in [0.2, 0.25) is 0 Å². The highest BCUT2D eigenvalue weighted by molar-refractivity contribution is 5.79. The number of nitrogens with one attached hydrogen (secondary N) is 2. The third-order valence-electron chi connectivity index (χ3n) is 3.77. The van der Waals surface area contributed by atoms with Crippen LogP contribution >= 0.6 is 0 Å². The predicted molar refractivity (Wildman–Crippen MR) is 91.2 cm³/mol. The fourth-order valence-electron chi connectivity index (χ4n) is 2.30. The molecule has 0 radical (unpaired) electrons. The first kappa shape index (κ1) is 17.1. The van der Waals surface area contributed by atoms with E-state index in [9.17, 15) is 4.39 Å². The number of guanidine groups is 1. The SMILES string of the molecule is CN=C(NCCc1ccco1)NCC(C)(C)c1cccc(F)c1. The molecule has 0 spiro atoms. The molecule has 2 rings (SSSR count). The lowest BCUT2D eigenvalue weighted by molar-refractivity contribution is 0.497. The molecule has 0 saturated carbocycles. The molecule has 2 aromatic rings. The van der Waals surface area contributed by atoms with Gasteiger partial charge in [0, 0.05) is 32.0 Å². The Kier molecular flexibility index (Phi) is 5.79. The van der Waals surface area contributed by atoms with Crippen LogP contribution in [0.1, 0.15) is 25.2 Å². The van der Waals surface area contributed by atoms with Gasteiger partial charge in [-0.1, -0.05) is 26.0 Å².